The highest BCUT2D eigenvalue weighted by Crippen LogP contribution is 2.20. The van der Waals surface area contributed by atoms with Crippen LogP contribution in [0.4, 0.5) is 13.6 Å². The summed E-state index contributed by atoms with van der Waals surface area (Å²) in [5.74, 6) is -0.696. The van der Waals surface area contributed by atoms with E-state index < -0.39 is 17.8 Å². The van der Waals surface area contributed by atoms with Crippen LogP contribution in [0.3, 0.4) is 0 Å². The zero-order valence-electron chi connectivity index (χ0n) is 16.3. The number of hydrogen-bond acceptors (Lipinski definition) is 3. The second-order valence-electron chi connectivity index (χ2n) is 6.96. The predicted molar refractivity (Wildman–Crippen MR) is 111 cm³/mol. The third-order valence-electron chi connectivity index (χ3n) is 4.76. The van der Waals surface area contributed by atoms with E-state index in [0.29, 0.717) is 17.9 Å². The van der Waals surface area contributed by atoms with Gasteiger partial charge in [0.15, 0.2) is 0 Å². The maximum atomic E-state index is 13.9. The Morgan fingerprint density at radius 2 is 1.61 bits per heavy atom. The minimum Gasteiger partial charge on any atom is -0.489 e. The van der Waals surface area contributed by atoms with Crippen LogP contribution in [0.2, 0.25) is 0 Å². The minimum atomic E-state index is -0.598. The van der Waals surface area contributed by atoms with Crippen molar-refractivity contribution in [2.75, 3.05) is 0 Å². The number of rotatable bonds is 6. The van der Waals surface area contributed by atoms with E-state index >= 15 is 0 Å². The molecular weight excluding hydrogens is 402 g/mol. The van der Waals surface area contributed by atoms with Crippen molar-refractivity contribution in [2.45, 2.75) is 13.2 Å². The first-order valence-electron chi connectivity index (χ1n) is 9.55. The molecule has 1 saturated heterocycles. The quantitative estimate of drug-likeness (QED) is 0.467. The van der Waals surface area contributed by atoms with Gasteiger partial charge in [-0.1, -0.05) is 42.5 Å². The summed E-state index contributed by atoms with van der Waals surface area (Å²) in [6.45, 7) is 0.144. The lowest BCUT2D eigenvalue weighted by Gasteiger charge is -2.12. The summed E-state index contributed by atoms with van der Waals surface area (Å²) >= 11 is 0. The van der Waals surface area contributed by atoms with E-state index in [0.717, 1.165) is 10.5 Å². The lowest BCUT2D eigenvalue weighted by atomic mass is 10.1. The van der Waals surface area contributed by atoms with E-state index in [1.54, 1.807) is 54.6 Å². The van der Waals surface area contributed by atoms with Crippen LogP contribution in [-0.2, 0) is 17.9 Å². The molecular formula is C24H18F2N2O3. The van der Waals surface area contributed by atoms with Gasteiger partial charge in [0.2, 0.25) is 0 Å². The molecule has 31 heavy (non-hydrogen) atoms. The zero-order valence-corrected chi connectivity index (χ0v) is 16.3. The lowest BCUT2D eigenvalue weighted by Crippen LogP contribution is -2.30. The third-order valence-corrected chi connectivity index (χ3v) is 4.76. The smallest absolute Gasteiger partial charge is 0.329 e. The van der Waals surface area contributed by atoms with Crippen LogP contribution in [-0.4, -0.2) is 16.8 Å². The summed E-state index contributed by atoms with van der Waals surface area (Å²) < 4.78 is 32.5. The van der Waals surface area contributed by atoms with Gasteiger partial charge in [-0.2, -0.15) is 0 Å². The van der Waals surface area contributed by atoms with Crippen molar-refractivity contribution >= 4 is 18.0 Å². The van der Waals surface area contributed by atoms with Crippen molar-refractivity contribution < 1.29 is 23.1 Å². The topological polar surface area (TPSA) is 58.6 Å². The molecule has 0 aromatic heterocycles. The number of urea groups is 1. The fraction of sp³-hybridized carbons (Fsp3) is 0.0833. The average Bonchev–Trinajstić information content (AvgIpc) is 3.03. The highest BCUT2D eigenvalue weighted by atomic mass is 19.1. The van der Waals surface area contributed by atoms with Crippen molar-refractivity contribution in [3.05, 3.63) is 107 Å². The molecule has 0 unspecified atom stereocenters. The second kappa shape index (κ2) is 8.79. The number of hydrogen-bond donors (Lipinski definition) is 1. The first-order valence-corrected chi connectivity index (χ1v) is 9.55. The Balaban J connectivity index is 1.41. The number of carbonyl (C=O) groups excluding carboxylic acids is 2. The van der Waals surface area contributed by atoms with Crippen molar-refractivity contribution in [3.8, 4) is 5.75 Å². The number of imide groups is 1. The third kappa shape index (κ3) is 4.78. The van der Waals surface area contributed by atoms with E-state index in [9.17, 15) is 18.4 Å². The Morgan fingerprint density at radius 1 is 0.903 bits per heavy atom. The van der Waals surface area contributed by atoms with Crippen LogP contribution >= 0.6 is 0 Å². The fourth-order valence-corrected chi connectivity index (χ4v) is 3.09. The molecule has 3 aromatic rings. The number of ether oxygens (including phenoxy) is 1. The van der Waals surface area contributed by atoms with Crippen LogP contribution in [0.1, 0.15) is 16.7 Å². The molecule has 0 saturated carbocycles. The predicted octanol–water partition coefficient (Wildman–Crippen LogP) is 4.64. The van der Waals surface area contributed by atoms with Gasteiger partial charge in [0.05, 0.1) is 6.54 Å². The Morgan fingerprint density at radius 3 is 2.32 bits per heavy atom. The maximum Gasteiger partial charge on any atom is 0.329 e. The highest BCUT2D eigenvalue weighted by Gasteiger charge is 2.33. The number of benzene rings is 3. The minimum absolute atomic E-state index is 0.112. The Labute approximate surface area is 177 Å². The fourth-order valence-electron chi connectivity index (χ4n) is 3.09. The monoisotopic (exact) mass is 420 g/mol. The van der Waals surface area contributed by atoms with E-state index in [2.05, 4.69) is 5.32 Å². The molecule has 156 valence electrons. The van der Waals surface area contributed by atoms with Gasteiger partial charge in [-0.3, -0.25) is 9.69 Å². The zero-order chi connectivity index (χ0) is 21.8. The maximum absolute atomic E-state index is 13.9. The molecule has 1 aliphatic rings. The van der Waals surface area contributed by atoms with Gasteiger partial charge in [0.1, 0.15) is 29.7 Å². The molecule has 4 rings (SSSR count). The molecule has 0 radical (unpaired) electrons. The van der Waals surface area contributed by atoms with Crippen molar-refractivity contribution in [1.29, 1.82) is 0 Å². The largest absolute Gasteiger partial charge is 0.489 e. The van der Waals surface area contributed by atoms with E-state index in [1.807, 2.05) is 0 Å². The number of nitrogens with one attached hydrogen (secondary N) is 1. The average molecular weight is 420 g/mol. The normalized spacial score (nSPS) is 14.8. The first kappa shape index (κ1) is 20.3. The number of nitrogens with zero attached hydrogens (tertiary/aromatic N) is 1. The van der Waals surface area contributed by atoms with Gasteiger partial charge in [-0.15, -0.1) is 0 Å². The molecule has 0 spiro atoms. The number of amides is 3. The Kier molecular flexibility index (Phi) is 5.75. The molecule has 5 nitrogen and oxygen atoms in total. The van der Waals surface area contributed by atoms with Gasteiger partial charge >= 0.3 is 6.03 Å². The molecule has 1 N–H and O–H groups in total. The van der Waals surface area contributed by atoms with Crippen LogP contribution < -0.4 is 10.1 Å². The highest BCUT2D eigenvalue weighted by molar-refractivity contribution is 6.13. The summed E-state index contributed by atoms with van der Waals surface area (Å²) in [5.41, 5.74) is 1.89. The summed E-state index contributed by atoms with van der Waals surface area (Å²) in [7, 11) is 0. The van der Waals surface area contributed by atoms with Crippen LogP contribution in [0.15, 0.2) is 78.5 Å². The summed E-state index contributed by atoms with van der Waals surface area (Å²) in [6.07, 6.45) is 1.55. The SMILES string of the molecule is O=C1N/C(=C/c2ccc(OCc3ccc(F)cc3)cc2)C(=O)N1Cc1ccccc1F. The van der Waals surface area contributed by atoms with Gasteiger partial charge in [-0.25, -0.2) is 13.6 Å². The van der Waals surface area contributed by atoms with E-state index in [-0.39, 0.29) is 23.6 Å². The number of carbonyl (C=O) groups is 2. The molecule has 0 atom stereocenters. The lowest BCUT2D eigenvalue weighted by molar-refractivity contribution is -0.123. The van der Waals surface area contributed by atoms with Gasteiger partial charge < -0.3 is 10.1 Å². The molecule has 3 amide bonds. The first-order chi connectivity index (χ1) is 15.0. The van der Waals surface area contributed by atoms with E-state index in [4.69, 9.17) is 4.74 Å². The Hall–Kier alpha value is -4.00. The van der Waals surface area contributed by atoms with Gasteiger partial charge in [0, 0.05) is 5.56 Å². The van der Waals surface area contributed by atoms with Crippen LogP contribution in [0.5, 0.6) is 5.75 Å². The summed E-state index contributed by atoms with van der Waals surface area (Å²) in [4.78, 5) is 25.7. The summed E-state index contributed by atoms with van der Waals surface area (Å²) in [5, 5.41) is 2.52. The van der Waals surface area contributed by atoms with Crippen LogP contribution in [0, 0.1) is 11.6 Å². The van der Waals surface area contributed by atoms with E-state index in [1.165, 1.54) is 24.3 Å². The molecule has 3 aromatic carbocycles. The van der Waals surface area contributed by atoms with Crippen LogP contribution in [0.25, 0.3) is 6.08 Å². The van der Waals surface area contributed by atoms with Gasteiger partial charge in [0.25, 0.3) is 5.91 Å². The molecule has 0 bridgehead atoms. The Bertz CT molecular complexity index is 1140. The van der Waals surface area contributed by atoms with Crippen molar-refractivity contribution in [1.82, 2.24) is 10.2 Å². The van der Waals surface area contributed by atoms with Crippen molar-refractivity contribution in [2.24, 2.45) is 0 Å². The second-order valence-corrected chi connectivity index (χ2v) is 6.96. The van der Waals surface area contributed by atoms with Crippen molar-refractivity contribution in [3.63, 3.8) is 0 Å². The standard InChI is InChI=1S/C24H18F2N2O3/c25-19-9-5-17(6-10-19)15-31-20-11-7-16(8-12-20)13-22-23(29)28(24(30)27-22)14-18-3-1-2-4-21(18)26/h1-13H,14-15H2,(H,27,30)/b22-13+. The molecule has 1 aliphatic heterocycles. The summed E-state index contributed by atoms with van der Waals surface area (Å²) in [6, 6.07) is 18.4. The molecule has 1 fully saturated rings. The molecule has 7 heteroatoms. The molecule has 0 aliphatic carbocycles. The molecule has 1 heterocycles. The van der Waals surface area contributed by atoms with Gasteiger partial charge in [-0.05, 0) is 47.5 Å². The number of halogens is 2.